The molecule has 3 aromatic rings. The summed E-state index contributed by atoms with van der Waals surface area (Å²) in [6, 6.07) is 1.83. The number of aromatic nitrogens is 5. The highest BCUT2D eigenvalue weighted by Crippen LogP contribution is 2.25. The van der Waals surface area contributed by atoms with Gasteiger partial charge in [0.05, 0.1) is 41.6 Å². The molecule has 4 rings (SSSR count). The number of hydrogen-bond acceptors (Lipinski definition) is 8. The van der Waals surface area contributed by atoms with Crippen molar-refractivity contribution in [2.75, 3.05) is 20.3 Å². The maximum Gasteiger partial charge on any atom is 0.270 e. The Hall–Kier alpha value is -2.69. The lowest BCUT2D eigenvalue weighted by molar-refractivity contribution is -0.00409. The Labute approximate surface area is 184 Å². The number of ether oxygens (including phenoxy) is 2. The van der Waals surface area contributed by atoms with Crippen molar-refractivity contribution < 1.29 is 14.3 Å². The molecule has 1 saturated carbocycles. The number of methoxy groups -OCH3 is 1. The molecular formula is C21H26N6O3S. The third-order valence-corrected chi connectivity index (χ3v) is 6.03. The Kier molecular flexibility index (Phi) is 7.00. The van der Waals surface area contributed by atoms with Crippen molar-refractivity contribution in [2.24, 2.45) is 7.05 Å². The lowest BCUT2D eigenvalue weighted by atomic mass is 9.93. The van der Waals surface area contributed by atoms with E-state index in [2.05, 4.69) is 25.4 Å². The molecule has 0 unspecified atom stereocenters. The van der Waals surface area contributed by atoms with Gasteiger partial charge in [-0.05, 0) is 31.7 Å². The van der Waals surface area contributed by atoms with Gasteiger partial charge in [-0.2, -0.15) is 5.10 Å². The fourth-order valence-corrected chi connectivity index (χ4v) is 4.19. The fraction of sp³-hybridized carbons (Fsp3) is 0.476. The molecule has 3 aromatic heterocycles. The Bertz CT molecular complexity index is 998. The third-order valence-electron chi connectivity index (χ3n) is 5.26. The molecule has 10 heteroatoms. The summed E-state index contributed by atoms with van der Waals surface area (Å²) in [4.78, 5) is 27.1. The van der Waals surface area contributed by atoms with Crippen LogP contribution in [0.25, 0.3) is 22.0 Å². The van der Waals surface area contributed by atoms with E-state index in [1.807, 2.05) is 13.2 Å². The topological polar surface area (TPSA) is 104 Å². The molecule has 3 heterocycles. The highest BCUT2D eigenvalue weighted by molar-refractivity contribution is 7.13. The first-order chi connectivity index (χ1) is 15.1. The highest BCUT2D eigenvalue weighted by Gasteiger charge is 2.24. The molecule has 31 heavy (non-hydrogen) atoms. The van der Waals surface area contributed by atoms with Crippen molar-refractivity contribution in [2.45, 2.75) is 37.8 Å². The Balaban J connectivity index is 1.47. The van der Waals surface area contributed by atoms with Crippen molar-refractivity contribution in [1.82, 2.24) is 30.0 Å². The van der Waals surface area contributed by atoms with Crippen LogP contribution in [0.2, 0.25) is 0 Å². The number of aryl methyl sites for hydroxylation is 1. The van der Waals surface area contributed by atoms with Crippen LogP contribution in [-0.2, 0) is 16.5 Å². The van der Waals surface area contributed by atoms with Gasteiger partial charge in [-0.3, -0.25) is 14.5 Å². The van der Waals surface area contributed by atoms with Gasteiger partial charge < -0.3 is 14.8 Å². The first kappa shape index (κ1) is 21.5. The van der Waals surface area contributed by atoms with Crippen molar-refractivity contribution in [3.8, 4) is 22.0 Å². The second-order valence-electron chi connectivity index (χ2n) is 7.54. The van der Waals surface area contributed by atoms with Crippen molar-refractivity contribution in [1.29, 1.82) is 0 Å². The number of rotatable bonds is 8. The first-order valence-electron chi connectivity index (χ1n) is 10.3. The smallest absolute Gasteiger partial charge is 0.270 e. The molecule has 164 valence electrons. The van der Waals surface area contributed by atoms with Crippen LogP contribution >= 0.6 is 11.3 Å². The molecule has 0 spiro atoms. The standard InChI is InChI=1S/C21H26N6O3S/c1-27-12-14(10-23-27)17-9-18(26-20(25-17)19-11-22-13-31-19)21(28)24-15-3-5-16(6-4-15)30-8-7-29-2/h9-13,15-16H,3-8H2,1-2H3,(H,24,28). The summed E-state index contributed by atoms with van der Waals surface area (Å²) in [5.74, 6) is 0.298. The van der Waals surface area contributed by atoms with E-state index in [1.54, 1.807) is 35.8 Å². The molecule has 0 radical (unpaired) electrons. The predicted octanol–water partition coefficient (Wildman–Crippen LogP) is 2.70. The van der Waals surface area contributed by atoms with Crippen LogP contribution in [0, 0.1) is 0 Å². The predicted molar refractivity (Wildman–Crippen MR) is 117 cm³/mol. The van der Waals surface area contributed by atoms with Gasteiger partial charge in [-0.15, -0.1) is 11.3 Å². The van der Waals surface area contributed by atoms with Crippen LogP contribution in [0.3, 0.4) is 0 Å². The van der Waals surface area contributed by atoms with Crippen LogP contribution in [0.5, 0.6) is 0 Å². The second kappa shape index (κ2) is 10.1. The first-order valence-corrected chi connectivity index (χ1v) is 11.2. The van der Waals surface area contributed by atoms with Crippen molar-refractivity contribution >= 4 is 17.2 Å². The van der Waals surface area contributed by atoms with Crippen LogP contribution in [-0.4, -0.2) is 63.1 Å². The molecule has 1 aliphatic rings. The number of hydrogen-bond donors (Lipinski definition) is 1. The largest absolute Gasteiger partial charge is 0.382 e. The van der Waals surface area contributed by atoms with Crippen LogP contribution in [0.4, 0.5) is 0 Å². The molecule has 9 nitrogen and oxygen atoms in total. The number of carbonyl (C=O) groups is 1. The minimum Gasteiger partial charge on any atom is -0.382 e. The molecule has 0 saturated heterocycles. The van der Waals surface area contributed by atoms with Crippen molar-refractivity contribution in [3.63, 3.8) is 0 Å². The summed E-state index contributed by atoms with van der Waals surface area (Å²) in [6.45, 7) is 1.21. The lowest BCUT2D eigenvalue weighted by Gasteiger charge is -2.29. The minimum atomic E-state index is -0.193. The van der Waals surface area contributed by atoms with E-state index in [0.29, 0.717) is 30.4 Å². The normalized spacial score (nSPS) is 18.8. The molecular weight excluding hydrogens is 416 g/mol. The summed E-state index contributed by atoms with van der Waals surface area (Å²) in [7, 11) is 3.51. The van der Waals surface area contributed by atoms with E-state index in [4.69, 9.17) is 9.47 Å². The number of nitrogens with one attached hydrogen (secondary N) is 1. The van der Waals surface area contributed by atoms with Gasteiger partial charge >= 0.3 is 0 Å². The number of thiazole rings is 1. The number of nitrogens with zero attached hydrogens (tertiary/aromatic N) is 5. The monoisotopic (exact) mass is 442 g/mol. The number of amides is 1. The maximum atomic E-state index is 13.0. The zero-order valence-corrected chi connectivity index (χ0v) is 18.5. The van der Waals surface area contributed by atoms with E-state index in [1.165, 1.54) is 11.3 Å². The molecule has 0 bridgehead atoms. The van der Waals surface area contributed by atoms with Gasteiger partial charge in [0.25, 0.3) is 5.91 Å². The van der Waals surface area contributed by atoms with Gasteiger partial charge in [0, 0.05) is 38.2 Å². The van der Waals surface area contributed by atoms with Gasteiger partial charge in [0.1, 0.15) is 5.69 Å². The highest BCUT2D eigenvalue weighted by atomic mass is 32.1. The Morgan fingerprint density at radius 3 is 2.74 bits per heavy atom. The molecule has 0 aliphatic heterocycles. The minimum absolute atomic E-state index is 0.110. The summed E-state index contributed by atoms with van der Waals surface area (Å²) in [6.07, 6.45) is 9.14. The Morgan fingerprint density at radius 1 is 1.23 bits per heavy atom. The molecule has 1 amide bonds. The van der Waals surface area contributed by atoms with E-state index < -0.39 is 0 Å². The van der Waals surface area contributed by atoms with Crippen LogP contribution in [0.15, 0.2) is 30.2 Å². The third kappa shape index (κ3) is 5.52. The van der Waals surface area contributed by atoms with Crippen LogP contribution in [0.1, 0.15) is 36.2 Å². The fourth-order valence-electron chi connectivity index (χ4n) is 3.63. The summed E-state index contributed by atoms with van der Waals surface area (Å²) < 4.78 is 12.6. The van der Waals surface area contributed by atoms with Crippen molar-refractivity contribution in [3.05, 3.63) is 35.9 Å². The van der Waals surface area contributed by atoms with Crippen LogP contribution < -0.4 is 5.32 Å². The number of carbonyl (C=O) groups excluding carboxylic acids is 1. The summed E-state index contributed by atoms with van der Waals surface area (Å²) in [5, 5.41) is 7.35. The average Bonchev–Trinajstić information content (AvgIpc) is 3.47. The summed E-state index contributed by atoms with van der Waals surface area (Å²) in [5.41, 5.74) is 3.56. The van der Waals surface area contributed by atoms with Gasteiger partial charge in [-0.1, -0.05) is 0 Å². The zero-order chi connectivity index (χ0) is 21.6. The lowest BCUT2D eigenvalue weighted by Crippen LogP contribution is -2.39. The second-order valence-corrected chi connectivity index (χ2v) is 8.43. The molecule has 1 fully saturated rings. The quantitative estimate of drug-likeness (QED) is 0.535. The van der Waals surface area contributed by atoms with E-state index in [0.717, 1.165) is 36.1 Å². The SMILES string of the molecule is COCCOC1CCC(NC(=O)c2cc(-c3cnn(C)c3)nc(-c3cncs3)n2)CC1. The molecule has 0 atom stereocenters. The van der Waals surface area contributed by atoms with E-state index >= 15 is 0 Å². The Morgan fingerprint density at radius 2 is 2.06 bits per heavy atom. The zero-order valence-electron chi connectivity index (χ0n) is 17.7. The van der Waals surface area contributed by atoms with E-state index in [9.17, 15) is 4.79 Å². The summed E-state index contributed by atoms with van der Waals surface area (Å²) >= 11 is 1.44. The average molecular weight is 443 g/mol. The van der Waals surface area contributed by atoms with Gasteiger partial charge in [0.15, 0.2) is 5.82 Å². The maximum absolute atomic E-state index is 13.0. The van der Waals surface area contributed by atoms with E-state index in [-0.39, 0.29) is 18.1 Å². The molecule has 1 aliphatic carbocycles. The van der Waals surface area contributed by atoms with Gasteiger partial charge in [0.2, 0.25) is 0 Å². The van der Waals surface area contributed by atoms with Gasteiger partial charge in [-0.25, -0.2) is 9.97 Å². The molecule has 1 N–H and O–H groups in total. The molecule has 0 aromatic carbocycles.